The summed E-state index contributed by atoms with van der Waals surface area (Å²) in [6.07, 6.45) is 2.13. The van der Waals surface area contributed by atoms with Gasteiger partial charge in [0.05, 0.1) is 11.7 Å². The van der Waals surface area contributed by atoms with Gasteiger partial charge in [-0.1, -0.05) is 25.5 Å². The van der Waals surface area contributed by atoms with Crippen LogP contribution >= 0.6 is 0 Å². The summed E-state index contributed by atoms with van der Waals surface area (Å²) in [7, 11) is 0. The average Bonchev–Trinajstić information content (AvgIpc) is 2.18. The first kappa shape index (κ1) is 11.6. The largest absolute Gasteiger partial charge is 0.490 e. The molecule has 1 aromatic carbocycles. The van der Waals surface area contributed by atoms with Crippen LogP contribution in [0.1, 0.15) is 37.0 Å². The van der Waals surface area contributed by atoms with Crippen LogP contribution in [0.5, 0.6) is 5.75 Å². The maximum Gasteiger partial charge on any atom is 0.252 e. The van der Waals surface area contributed by atoms with Gasteiger partial charge >= 0.3 is 0 Å². The van der Waals surface area contributed by atoms with Gasteiger partial charge in [-0.2, -0.15) is 0 Å². The Hall–Kier alpha value is -1.51. The van der Waals surface area contributed by atoms with Crippen molar-refractivity contribution >= 4 is 5.91 Å². The molecule has 1 atom stereocenters. The van der Waals surface area contributed by atoms with E-state index >= 15 is 0 Å². The fraction of sp³-hybridized carbons (Fsp3) is 0.417. The molecule has 1 rings (SSSR count). The van der Waals surface area contributed by atoms with E-state index in [4.69, 9.17) is 10.5 Å². The second-order valence-electron chi connectivity index (χ2n) is 3.58. The van der Waals surface area contributed by atoms with Gasteiger partial charge in [0, 0.05) is 0 Å². The molecule has 3 nitrogen and oxygen atoms in total. The molecule has 0 bridgehead atoms. The topological polar surface area (TPSA) is 52.3 Å². The Morgan fingerprint density at radius 1 is 1.47 bits per heavy atom. The average molecular weight is 207 g/mol. The second-order valence-corrected chi connectivity index (χ2v) is 3.58. The van der Waals surface area contributed by atoms with E-state index in [1.807, 2.05) is 13.0 Å². The minimum Gasteiger partial charge on any atom is -0.490 e. The molecule has 0 fully saturated rings. The zero-order valence-corrected chi connectivity index (χ0v) is 9.19. The molecule has 0 heterocycles. The molecule has 0 saturated carbocycles. The lowest BCUT2D eigenvalue weighted by Gasteiger charge is -2.15. The maximum atomic E-state index is 11.1. The quantitative estimate of drug-likeness (QED) is 0.805. The van der Waals surface area contributed by atoms with Gasteiger partial charge in [-0.3, -0.25) is 4.79 Å². The van der Waals surface area contributed by atoms with Gasteiger partial charge in [0.15, 0.2) is 0 Å². The number of carbonyl (C=O) groups is 1. The number of hydrogen-bond donors (Lipinski definition) is 1. The summed E-state index contributed by atoms with van der Waals surface area (Å²) in [5.74, 6) is 0.125. The molecule has 0 aromatic heterocycles. The standard InChI is InChI=1S/C12H17NO2/c1-3-6-9(2)15-11-8-5-4-7-10(11)12(13)14/h4-5,7-9H,3,6H2,1-2H3,(H2,13,14)/t9-/m1/s1. The third kappa shape index (κ3) is 3.27. The summed E-state index contributed by atoms with van der Waals surface area (Å²) in [6.45, 7) is 4.08. The summed E-state index contributed by atoms with van der Waals surface area (Å²) >= 11 is 0. The number of primary amides is 1. The van der Waals surface area contributed by atoms with Gasteiger partial charge in [-0.05, 0) is 25.5 Å². The molecular weight excluding hydrogens is 190 g/mol. The lowest BCUT2D eigenvalue weighted by Crippen LogP contribution is -2.17. The van der Waals surface area contributed by atoms with Crippen molar-refractivity contribution < 1.29 is 9.53 Å². The minimum atomic E-state index is -0.450. The first-order valence-electron chi connectivity index (χ1n) is 5.20. The molecule has 0 aliphatic carbocycles. The molecule has 0 radical (unpaired) electrons. The van der Waals surface area contributed by atoms with Crippen molar-refractivity contribution in [1.29, 1.82) is 0 Å². The molecular formula is C12H17NO2. The molecule has 0 saturated heterocycles. The van der Waals surface area contributed by atoms with Gasteiger partial charge in [0.1, 0.15) is 5.75 Å². The zero-order valence-electron chi connectivity index (χ0n) is 9.19. The van der Waals surface area contributed by atoms with E-state index < -0.39 is 5.91 Å². The van der Waals surface area contributed by atoms with Gasteiger partial charge in [-0.15, -0.1) is 0 Å². The van der Waals surface area contributed by atoms with E-state index in [1.54, 1.807) is 18.2 Å². The van der Waals surface area contributed by atoms with Crippen LogP contribution in [0.15, 0.2) is 24.3 Å². The maximum absolute atomic E-state index is 11.1. The molecule has 82 valence electrons. The van der Waals surface area contributed by atoms with Crippen molar-refractivity contribution in [3.05, 3.63) is 29.8 Å². The van der Waals surface area contributed by atoms with E-state index in [9.17, 15) is 4.79 Å². The van der Waals surface area contributed by atoms with E-state index in [2.05, 4.69) is 6.92 Å². The molecule has 2 N–H and O–H groups in total. The van der Waals surface area contributed by atoms with Crippen LogP contribution in [-0.2, 0) is 0 Å². The summed E-state index contributed by atoms with van der Waals surface area (Å²) in [5, 5.41) is 0. The van der Waals surface area contributed by atoms with Gasteiger partial charge in [-0.25, -0.2) is 0 Å². The molecule has 1 amide bonds. The van der Waals surface area contributed by atoms with Crippen LogP contribution < -0.4 is 10.5 Å². The zero-order chi connectivity index (χ0) is 11.3. The molecule has 0 unspecified atom stereocenters. The van der Waals surface area contributed by atoms with Crippen LogP contribution in [0.25, 0.3) is 0 Å². The predicted molar refractivity (Wildman–Crippen MR) is 60.0 cm³/mol. The van der Waals surface area contributed by atoms with Crippen molar-refractivity contribution in [2.45, 2.75) is 32.8 Å². The Kier molecular flexibility index (Phi) is 4.16. The van der Waals surface area contributed by atoms with E-state index in [0.717, 1.165) is 12.8 Å². The fourth-order valence-corrected chi connectivity index (χ4v) is 1.46. The third-order valence-corrected chi connectivity index (χ3v) is 2.18. The number of rotatable bonds is 5. The molecule has 1 aromatic rings. The van der Waals surface area contributed by atoms with Gasteiger partial charge in [0.25, 0.3) is 5.91 Å². The Bertz CT molecular complexity index is 336. The van der Waals surface area contributed by atoms with Gasteiger partial charge in [0.2, 0.25) is 0 Å². The smallest absolute Gasteiger partial charge is 0.252 e. The monoisotopic (exact) mass is 207 g/mol. The molecule has 15 heavy (non-hydrogen) atoms. The summed E-state index contributed by atoms with van der Waals surface area (Å²) in [4.78, 5) is 11.1. The van der Waals surface area contributed by atoms with Gasteiger partial charge < -0.3 is 10.5 Å². The lowest BCUT2D eigenvalue weighted by atomic mass is 10.2. The highest BCUT2D eigenvalue weighted by Crippen LogP contribution is 2.19. The molecule has 0 spiro atoms. The highest BCUT2D eigenvalue weighted by molar-refractivity contribution is 5.95. The van der Waals surface area contributed by atoms with E-state index in [-0.39, 0.29) is 6.10 Å². The number of nitrogens with two attached hydrogens (primary N) is 1. The van der Waals surface area contributed by atoms with Crippen molar-refractivity contribution in [2.24, 2.45) is 5.73 Å². The number of carbonyl (C=O) groups excluding carboxylic acids is 1. The highest BCUT2D eigenvalue weighted by Gasteiger charge is 2.10. The van der Waals surface area contributed by atoms with Crippen LogP contribution in [-0.4, -0.2) is 12.0 Å². The van der Waals surface area contributed by atoms with Crippen LogP contribution in [0, 0.1) is 0 Å². The lowest BCUT2D eigenvalue weighted by molar-refractivity contribution is 0.0993. The van der Waals surface area contributed by atoms with Crippen molar-refractivity contribution in [2.75, 3.05) is 0 Å². The summed E-state index contributed by atoms with van der Waals surface area (Å²) in [6, 6.07) is 7.06. The number of ether oxygens (including phenoxy) is 1. The second kappa shape index (κ2) is 5.39. The van der Waals surface area contributed by atoms with Crippen molar-refractivity contribution in [3.8, 4) is 5.75 Å². The summed E-state index contributed by atoms with van der Waals surface area (Å²) < 4.78 is 5.65. The number of hydrogen-bond acceptors (Lipinski definition) is 2. The van der Waals surface area contributed by atoms with Crippen LogP contribution in [0.3, 0.4) is 0 Å². The van der Waals surface area contributed by atoms with E-state index in [1.165, 1.54) is 0 Å². The number of amides is 1. The SMILES string of the molecule is CCC[C@@H](C)Oc1ccccc1C(N)=O. The normalized spacial score (nSPS) is 12.1. The van der Waals surface area contributed by atoms with E-state index in [0.29, 0.717) is 11.3 Å². The Balaban J connectivity index is 2.79. The van der Waals surface area contributed by atoms with Crippen LogP contribution in [0.4, 0.5) is 0 Å². The molecule has 0 aliphatic heterocycles. The summed E-state index contributed by atoms with van der Waals surface area (Å²) in [5.41, 5.74) is 5.69. The number of para-hydroxylation sites is 1. The van der Waals surface area contributed by atoms with Crippen molar-refractivity contribution in [3.63, 3.8) is 0 Å². The predicted octanol–water partition coefficient (Wildman–Crippen LogP) is 2.35. The molecule has 3 heteroatoms. The highest BCUT2D eigenvalue weighted by atomic mass is 16.5. The van der Waals surface area contributed by atoms with Crippen molar-refractivity contribution in [1.82, 2.24) is 0 Å². The third-order valence-electron chi connectivity index (χ3n) is 2.18. The number of benzene rings is 1. The Labute approximate surface area is 90.2 Å². The first-order valence-corrected chi connectivity index (χ1v) is 5.20. The van der Waals surface area contributed by atoms with Crippen LogP contribution in [0.2, 0.25) is 0 Å². The Morgan fingerprint density at radius 2 is 2.13 bits per heavy atom. The minimum absolute atomic E-state index is 0.107. The molecule has 0 aliphatic rings. The Morgan fingerprint density at radius 3 is 2.73 bits per heavy atom. The first-order chi connectivity index (χ1) is 7.15. The fourth-order valence-electron chi connectivity index (χ4n) is 1.46.